The van der Waals surface area contributed by atoms with Crippen molar-refractivity contribution in [2.24, 2.45) is 0 Å². The number of methoxy groups -OCH3 is 1. The highest BCUT2D eigenvalue weighted by molar-refractivity contribution is 5.89. The van der Waals surface area contributed by atoms with Gasteiger partial charge in [-0.3, -0.25) is 0 Å². The predicted molar refractivity (Wildman–Crippen MR) is 134 cm³/mol. The van der Waals surface area contributed by atoms with Gasteiger partial charge in [-0.05, 0) is 47.9 Å². The first-order valence-electron chi connectivity index (χ1n) is 11.7. The molecule has 0 spiro atoms. The molecule has 0 atom stereocenters. The highest BCUT2D eigenvalue weighted by atomic mass is 16.6. The molecule has 4 rings (SSSR count). The minimum Gasteiger partial charge on any atom is -0.488 e. The van der Waals surface area contributed by atoms with Gasteiger partial charge in [0.15, 0.2) is 11.5 Å². The SMILES string of the molecule is CCOC(=O)C=Cc1ccc(Cc2cc3c(cc2OCc2ccc(C(=O)OC)cc2)OCCO3)cc1. The molecule has 7 heteroatoms. The van der Waals surface area contributed by atoms with Crippen LogP contribution in [0.15, 0.2) is 66.7 Å². The summed E-state index contributed by atoms with van der Waals surface area (Å²) < 4.78 is 27.4. The lowest BCUT2D eigenvalue weighted by atomic mass is 10.0. The zero-order valence-corrected chi connectivity index (χ0v) is 20.3. The van der Waals surface area contributed by atoms with Gasteiger partial charge in [0.1, 0.15) is 25.6 Å². The van der Waals surface area contributed by atoms with E-state index in [1.807, 2.05) is 48.5 Å². The molecule has 3 aromatic carbocycles. The molecule has 1 aliphatic heterocycles. The average molecular weight is 489 g/mol. The summed E-state index contributed by atoms with van der Waals surface area (Å²) in [4.78, 5) is 23.2. The molecule has 0 unspecified atom stereocenters. The van der Waals surface area contributed by atoms with Crippen molar-refractivity contribution in [3.8, 4) is 17.2 Å². The standard InChI is InChI=1S/C29H28O7/c1-3-33-28(30)13-10-20-4-6-21(7-5-20)16-24-17-26-27(35-15-14-34-26)18-25(24)36-19-22-8-11-23(12-9-22)29(31)32-2/h4-13,17-18H,3,14-16,19H2,1-2H3. The Morgan fingerprint density at radius 2 is 1.58 bits per heavy atom. The minimum absolute atomic E-state index is 0.325. The van der Waals surface area contributed by atoms with E-state index < -0.39 is 0 Å². The summed E-state index contributed by atoms with van der Waals surface area (Å²) in [5.74, 6) is 1.31. The Morgan fingerprint density at radius 1 is 0.917 bits per heavy atom. The molecule has 0 N–H and O–H groups in total. The summed E-state index contributed by atoms with van der Waals surface area (Å²) in [5.41, 5.74) is 4.34. The van der Waals surface area contributed by atoms with E-state index in [9.17, 15) is 9.59 Å². The van der Waals surface area contributed by atoms with Gasteiger partial charge in [-0.2, -0.15) is 0 Å². The molecule has 0 amide bonds. The van der Waals surface area contributed by atoms with Crippen LogP contribution in [0.25, 0.3) is 6.08 Å². The lowest BCUT2D eigenvalue weighted by molar-refractivity contribution is -0.137. The number of fused-ring (bicyclic) bond motifs is 1. The Kier molecular flexibility index (Phi) is 8.24. The molecule has 1 aliphatic rings. The van der Waals surface area contributed by atoms with Crippen molar-refractivity contribution in [1.82, 2.24) is 0 Å². The number of ether oxygens (including phenoxy) is 5. The fourth-order valence-corrected chi connectivity index (χ4v) is 3.72. The molecule has 0 bridgehead atoms. The van der Waals surface area contributed by atoms with E-state index in [1.165, 1.54) is 13.2 Å². The third-order valence-electron chi connectivity index (χ3n) is 5.57. The van der Waals surface area contributed by atoms with Crippen LogP contribution in [0.3, 0.4) is 0 Å². The predicted octanol–water partition coefficient (Wildman–Crippen LogP) is 4.99. The normalized spacial score (nSPS) is 12.3. The van der Waals surface area contributed by atoms with E-state index in [2.05, 4.69) is 0 Å². The third-order valence-corrected chi connectivity index (χ3v) is 5.57. The Balaban J connectivity index is 1.50. The van der Waals surface area contributed by atoms with Crippen LogP contribution in [0.2, 0.25) is 0 Å². The maximum absolute atomic E-state index is 11.7. The van der Waals surface area contributed by atoms with E-state index in [-0.39, 0.29) is 11.9 Å². The van der Waals surface area contributed by atoms with E-state index in [0.29, 0.717) is 55.7 Å². The number of rotatable bonds is 9. The van der Waals surface area contributed by atoms with Crippen molar-refractivity contribution < 1.29 is 33.3 Å². The van der Waals surface area contributed by atoms with E-state index in [1.54, 1.807) is 25.1 Å². The summed E-state index contributed by atoms with van der Waals surface area (Å²) in [6, 6.07) is 18.9. The Bertz CT molecular complexity index is 1230. The maximum atomic E-state index is 11.7. The molecule has 186 valence electrons. The van der Waals surface area contributed by atoms with Crippen molar-refractivity contribution in [2.45, 2.75) is 20.0 Å². The average Bonchev–Trinajstić information content (AvgIpc) is 2.91. The molecule has 0 fully saturated rings. The van der Waals surface area contributed by atoms with Gasteiger partial charge < -0.3 is 23.7 Å². The summed E-state index contributed by atoms with van der Waals surface area (Å²) in [5, 5.41) is 0. The molecule has 3 aromatic rings. The van der Waals surface area contributed by atoms with Crippen LogP contribution in [-0.4, -0.2) is 38.9 Å². The second-order valence-electron chi connectivity index (χ2n) is 8.08. The first-order chi connectivity index (χ1) is 17.6. The first-order valence-corrected chi connectivity index (χ1v) is 11.7. The quantitative estimate of drug-likeness (QED) is 0.310. The van der Waals surface area contributed by atoms with Crippen LogP contribution in [0.5, 0.6) is 17.2 Å². The Morgan fingerprint density at radius 3 is 2.25 bits per heavy atom. The highest BCUT2D eigenvalue weighted by Gasteiger charge is 2.17. The van der Waals surface area contributed by atoms with Gasteiger partial charge in [0.2, 0.25) is 0 Å². The number of hydrogen-bond acceptors (Lipinski definition) is 7. The van der Waals surface area contributed by atoms with Gasteiger partial charge in [0.25, 0.3) is 0 Å². The van der Waals surface area contributed by atoms with Gasteiger partial charge in [-0.15, -0.1) is 0 Å². The van der Waals surface area contributed by atoms with Crippen LogP contribution in [0.4, 0.5) is 0 Å². The Hall–Kier alpha value is -4.26. The van der Waals surface area contributed by atoms with Gasteiger partial charge in [0.05, 0.1) is 19.3 Å². The van der Waals surface area contributed by atoms with Gasteiger partial charge >= 0.3 is 11.9 Å². The van der Waals surface area contributed by atoms with Crippen molar-refractivity contribution in [3.63, 3.8) is 0 Å². The highest BCUT2D eigenvalue weighted by Crippen LogP contribution is 2.38. The fourth-order valence-electron chi connectivity index (χ4n) is 3.72. The summed E-state index contributed by atoms with van der Waals surface area (Å²) >= 11 is 0. The molecular weight excluding hydrogens is 460 g/mol. The van der Waals surface area contributed by atoms with E-state index >= 15 is 0 Å². The Labute approximate surface area is 210 Å². The van der Waals surface area contributed by atoms with Gasteiger partial charge in [0, 0.05) is 24.1 Å². The largest absolute Gasteiger partial charge is 0.488 e. The maximum Gasteiger partial charge on any atom is 0.337 e. The molecule has 0 saturated heterocycles. The summed E-state index contributed by atoms with van der Waals surface area (Å²) in [6.45, 7) is 3.44. The lowest BCUT2D eigenvalue weighted by Crippen LogP contribution is -2.16. The van der Waals surface area contributed by atoms with Gasteiger partial charge in [-0.1, -0.05) is 36.4 Å². The number of hydrogen-bond donors (Lipinski definition) is 0. The molecule has 0 aliphatic carbocycles. The molecule has 7 nitrogen and oxygen atoms in total. The van der Waals surface area contributed by atoms with E-state index in [4.69, 9.17) is 23.7 Å². The van der Waals surface area contributed by atoms with Crippen molar-refractivity contribution in [2.75, 3.05) is 26.9 Å². The first kappa shape index (κ1) is 24.9. The molecule has 36 heavy (non-hydrogen) atoms. The molecule has 0 radical (unpaired) electrons. The van der Waals surface area contributed by atoms with Gasteiger partial charge in [-0.25, -0.2) is 9.59 Å². The number of esters is 2. The number of carbonyl (C=O) groups is 2. The second-order valence-corrected chi connectivity index (χ2v) is 8.08. The molecule has 0 aromatic heterocycles. The minimum atomic E-state index is -0.376. The summed E-state index contributed by atoms with van der Waals surface area (Å²) in [7, 11) is 1.36. The van der Waals surface area contributed by atoms with Crippen LogP contribution in [-0.2, 0) is 27.3 Å². The van der Waals surface area contributed by atoms with Crippen LogP contribution < -0.4 is 14.2 Å². The second kappa shape index (κ2) is 11.9. The zero-order chi connectivity index (χ0) is 25.3. The lowest BCUT2D eigenvalue weighted by Gasteiger charge is -2.21. The number of carbonyl (C=O) groups excluding carboxylic acids is 2. The zero-order valence-electron chi connectivity index (χ0n) is 20.3. The number of benzene rings is 3. The van der Waals surface area contributed by atoms with Crippen LogP contribution in [0.1, 0.15) is 39.5 Å². The topological polar surface area (TPSA) is 80.3 Å². The molecule has 0 saturated carbocycles. The fraction of sp³-hybridized carbons (Fsp3) is 0.241. The van der Waals surface area contributed by atoms with Crippen molar-refractivity contribution >= 4 is 18.0 Å². The van der Waals surface area contributed by atoms with Crippen LogP contribution in [0, 0.1) is 0 Å². The monoisotopic (exact) mass is 488 g/mol. The van der Waals surface area contributed by atoms with Crippen molar-refractivity contribution in [3.05, 3.63) is 94.6 Å². The molecular formula is C29H28O7. The van der Waals surface area contributed by atoms with Crippen molar-refractivity contribution in [1.29, 1.82) is 0 Å². The van der Waals surface area contributed by atoms with Crippen LogP contribution >= 0.6 is 0 Å². The summed E-state index contributed by atoms with van der Waals surface area (Å²) in [6.07, 6.45) is 3.77. The molecule has 1 heterocycles. The smallest absolute Gasteiger partial charge is 0.337 e. The third kappa shape index (κ3) is 6.44. The van der Waals surface area contributed by atoms with E-state index in [0.717, 1.165) is 22.3 Å².